The van der Waals surface area contributed by atoms with Crippen molar-refractivity contribution in [3.63, 3.8) is 0 Å². The summed E-state index contributed by atoms with van der Waals surface area (Å²) in [7, 11) is 0.581. The summed E-state index contributed by atoms with van der Waals surface area (Å²) >= 11 is 0. The maximum atomic E-state index is 12.6. The number of hydrogen-bond donors (Lipinski definition) is 2. The zero-order valence-corrected chi connectivity index (χ0v) is 16.3. The predicted molar refractivity (Wildman–Crippen MR) is 101 cm³/mol. The Morgan fingerprint density at radius 2 is 1.63 bits per heavy atom. The van der Waals surface area contributed by atoms with E-state index in [1.54, 1.807) is 19.1 Å². The van der Waals surface area contributed by atoms with Gasteiger partial charge in [-0.05, 0) is 43.3 Å². The van der Waals surface area contributed by atoms with E-state index < -0.39 is 16.1 Å². The number of anilines is 1. The number of rotatable bonds is 8. The molecule has 8 nitrogen and oxygen atoms in total. The van der Waals surface area contributed by atoms with Crippen molar-refractivity contribution < 1.29 is 27.4 Å². The molecule has 146 valence electrons. The van der Waals surface area contributed by atoms with Gasteiger partial charge in [-0.1, -0.05) is 0 Å². The molecule has 0 saturated heterocycles. The van der Waals surface area contributed by atoms with E-state index in [1.165, 1.54) is 51.6 Å². The van der Waals surface area contributed by atoms with Crippen LogP contribution in [0.15, 0.2) is 47.4 Å². The van der Waals surface area contributed by atoms with E-state index in [1.807, 2.05) is 0 Å². The summed E-state index contributed by atoms with van der Waals surface area (Å²) < 4.78 is 43.5. The Bertz CT molecular complexity index is 897. The fourth-order valence-corrected chi connectivity index (χ4v) is 3.32. The third kappa shape index (κ3) is 5.04. The molecule has 0 aromatic heterocycles. The standard InChI is InChI=1S/C18H22N2O6S/c1-12(18(21)19-2)26-13-5-8-15(9-6-13)27(22,23)20-16-11-14(24-3)7-10-17(16)25-4/h5-12,20H,1-4H3,(H,19,21)/t12-/m0/s1. The van der Waals surface area contributed by atoms with Gasteiger partial charge in [0.1, 0.15) is 17.2 Å². The highest BCUT2D eigenvalue weighted by Crippen LogP contribution is 2.31. The van der Waals surface area contributed by atoms with E-state index in [0.29, 0.717) is 17.2 Å². The summed E-state index contributed by atoms with van der Waals surface area (Å²) in [5.41, 5.74) is 0.255. The number of likely N-dealkylation sites (N-methyl/N-ethyl adjacent to an activating group) is 1. The third-order valence-corrected chi connectivity index (χ3v) is 5.09. The molecule has 0 aliphatic rings. The molecule has 1 atom stereocenters. The number of hydrogen-bond acceptors (Lipinski definition) is 6. The topological polar surface area (TPSA) is 103 Å². The van der Waals surface area contributed by atoms with Gasteiger partial charge in [0, 0.05) is 13.1 Å². The van der Waals surface area contributed by atoms with Gasteiger partial charge < -0.3 is 19.5 Å². The number of benzene rings is 2. The van der Waals surface area contributed by atoms with Crippen LogP contribution in [0.1, 0.15) is 6.92 Å². The van der Waals surface area contributed by atoms with Gasteiger partial charge in [0.05, 0.1) is 24.8 Å². The maximum Gasteiger partial charge on any atom is 0.262 e. The second kappa shape index (κ2) is 8.63. The molecule has 0 aliphatic carbocycles. The Morgan fingerprint density at radius 3 is 2.19 bits per heavy atom. The molecule has 2 N–H and O–H groups in total. The molecule has 9 heteroatoms. The summed E-state index contributed by atoms with van der Waals surface area (Å²) in [6, 6.07) is 10.5. The lowest BCUT2D eigenvalue weighted by Crippen LogP contribution is -2.33. The predicted octanol–water partition coefficient (Wildman–Crippen LogP) is 2.02. The lowest BCUT2D eigenvalue weighted by atomic mass is 10.3. The molecule has 0 unspecified atom stereocenters. The van der Waals surface area contributed by atoms with Gasteiger partial charge in [0.2, 0.25) is 0 Å². The van der Waals surface area contributed by atoms with Gasteiger partial charge in [0.15, 0.2) is 6.10 Å². The Hall–Kier alpha value is -2.94. The molecule has 0 fully saturated rings. The molecule has 2 aromatic carbocycles. The summed E-state index contributed by atoms with van der Waals surface area (Å²) in [6.07, 6.45) is -0.698. The fourth-order valence-electron chi connectivity index (χ4n) is 2.26. The van der Waals surface area contributed by atoms with Crippen molar-refractivity contribution in [2.75, 3.05) is 26.0 Å². The first kappa shape index (κ1) is 20.4. The van der Waals surface area contributed by atoms with Crippen molar-refractivity contribution in [1.82, 2.24) is 5.32 Å². The molecule has 27 heavy (non-hydrogen) atoms. The number of carbonyl (C=O) groups is 1. The lowest BCUT2D eigenvalue weighted by Gasteiger charge is -2.15. The monoisotopic (exact) mass is 394 g/mol. The van der Waals surface area contributed by atoms with Gasteiger partial charge >= 0.3 is 0 Å². The highest BCUT2D eigenvalue weighted by atomic mass is 32.2. The van der Waals surface area contributed by atoms with Crippen LogP contribution in [-0.2, 0) is 14.8 Å². The summed E-state index contributed by atoms with van der Waals surface area (Å²) in [5, 5.41) is 2.48. The van der Waals surface area contributed by atoms with Crippen molar-refractivity contribution >= 4 is 21.6 Å². The second-order valence-corrected chi connectivity index (χ2v) is 7.20. The number of methoxy groups -OCH3 is 2. The van der Waals surface area contributed by atoms with Crippen molar-refractivity contribution in [3.8, 4) is 17.2 Å². The van der Waals surface area contributed by atoms with Crippen LogP contribution in [0.2, 0.25) is 0 Å². The average Bonchev–Trinajstić information content (AvgIpc) is 2.67. The van der Waals surface area contributed by atoms with Crippen molar-refractivity contribution in [3.05, 3.63) is 42.5 Å². The highest BCUT2D eigenvalue weighted by Gasteiger charge is 2.18. The molecule has 2 rings (SSSR count). The van der Waals surface area contributed by atoms with Gasteiger partial charge in [0.25, 0.3) is 15.9 Å². The lowest BCUT2D eigenvalue weighted by molar-refractivity contribution is -0.126. The van der Waals surface area contributed by atoms with Gasteiger partial charge in [-0.25, -0.2) is 8.42 Å². The molecular formula is C18H22N2O6S. The number of carbonyl (C=O) groups excluding carboxylic acids is 1. The van der Waals surface area contributed by atoms with Crippen LogP contribution in [0.3, 0.4) is 0 Å². The van der Waals surface area contributed by atoms with Crippen LogP contribution in [0.4, 0.5) is 5.69 Å². The average molecular weight is 394 g/mol. The molecular weight excluding hydrogens is 372 g/mol. The highest BCUT2D eigenvalue weighted by molar-refractivity contribution is 7.92. The van der Waals surface area contributed by atoms with Crippen LogP contribution < -0.4 is 24.2 Å². The van der Waals surface area contributed by atoms with E-state index in [0.717, 1.165) is 0 Å². The number of ether oxygens (including phenoxy) is 3. The SMILES string of the molecule is CNC(=O)[C@H](C)Oc1ccc(S(=O)(=O)Nc2cc(OC)ccc2OC)cc1. The molecule has 0 bridgehead atoms. The minimum Gasteiger partial charge on any atom is -0.497 e. The first-order valence-electron chi connectivity index (χ1n) is 8.04. The summed E-state index contributed by atoms with van der Waals surface area (Å²) in [6.45, 7) is 1.60. The Morgan fingerprint density at radius 1 is 1.00 bits per heavy atom. The van der Waals surface area contributed by atoms with Crippen LogP contribution in [0.5, 0.6) is 17.2 Å². The maximum absolute atomic E-state index is 12.6. The zero-order chi connectivity index (χ0) is 20.0. The van der Waals surface area contributed by atoms with E-state index in [4.69, 9.17) is 14.2 Å². The zero-order valence-electron chi connectivity index (χ0n) is 15.5. The van der Waals surface area contributed by atoms with E-state index >= 15 is 0 Å². The fraction of sp³-hybridized carbons (Fsp3) is 0.278. The van der Waals surface area contributed by atoms with Crippen LogP contribution >= 0.6 is 0 Å². The van der Waals surface area contributed by atoms with Crippen molar-refractivity contribution in [2.24, 2.45) is 0 Å². The van der Waals surface area contributed by atoms with E-state index in [-0.39, 0.29) is 16.5 Å². The molecule has 1 amide bonds. The normalized spacial score (nSPS) is 12.0. The van der Waals surface area contributed by atoms with E-state index in [9.17, 15) is 13.2 Å². The van der Waals surface area contributed by atoms with Gasteiger partial charge in [-0.2, -0.15) is 0 Å². The van der Waals surface area contributed by atoms with Gasteiger partial charge in [-0.15, -0.1) is 0 Å². The minimum atomic E-state index is -3.86. The molecule has 0 saturated carbocycles. The quantitative estimate of drug-likeness (QED) is 0.710. The number of nitrogens with one attached hydrogen (secondary N) is 2. The number of sulfonamides is 1. The Labute approximate surface area is 158 Å². The van der Waals surface area contributed by atoms with E-state index in [2.05, 4.69) is 10.0 Å². The summed E-state index contributed by atoms with van der Waals surface area (Å²) in [5.74, 6) is 0.946. The molecule has 0 spiro atoms. The molecule has 2 aromatic rings. The van der Waals surface area contributed by atoms with Gasteiger partial charge in [-0.3, -0.25) is 9.52 Å². The third-order valence-electron chi connectivity index (χ3n) is 3.71. The summed E-state index contributed by atoms with van der Waals surface area (Å²) in [4.78, 5) is 11.5. The molecule has 0 heterocycles. The first-order valence-corrected chi connectivity index (χ1v) is 9.52. The minimum absolute atomic E-state index is 0.0346. The number of amides is 1. The second-order valence-electron chi connectivity index (χ2n) is 5.52. The van der Waals surface area contributed by atoms with Crippen LogP contribution in [0, 0.1) is 0 Å². The first-order chi connectivity index (χ1) is 12.8. The van der Waals surface area contributed by atoms with Crippen molar-refractivity contribution in [1.29, 1.82) is 0 Å². The molecule has 0 aliphatic heterocycles. The largest absolute Gasteiger partial charge is 0.497 e. The van der Waals surface area contributed by atoms with Crippen LogP contribution in [0.25, 0.3) is 0 Å². The Balaban J connectivity index is 2.21. The van der Waals surface area contributed by atoms with Crippen LogP contribution in [-0.4, -0.2) is 41.7 Å². The Kier molecular flexibility index (Phi) is 6.51. The smallest absolute Gasteiger partial charge is 0.262 e. The van der Waals surface area contributed by atoms with Crippen molar-refractivity contribution in [2.45, 2.75) is 17.9 Å². The molecule has 0 radical (unpaired) electrons.